The van der Waals surface area contributed by atoms with Gasteiger partial charge in [-0.05, 0) is 6.42 Å². The first-order chi connectivity index (χ1) is 7.75. The Hall–Kier alpha value is -0.650. The van der Waals surface area contributed by atoms with Crippen LogP contribution in [0, 0.1) is 0 Å². The summed E-state index contributed by atoms with van der Waals surface area (Å²) in [4.78, 5) is 15.8. The van der Waals surface area contributed by atoms with Crippen LogP contribution in [0.1, 0.15) is 12.8 Å². The normalized spacial score (nSPS) is 27.7. The van der Waals surface area contributed by atoms with Crippen molar-refractivity contribution < 1.29 is 9.53 Å². The first-order valence-corrected chi connectivity index (χ1v) is 6.09. The topological polar surface area (TPSA) is 58.8 Å². The Bertz CT molecular complexity index is 241. The van der Waals surface area contributed by atoms with E-state index in [4.69, 9.17) is 10.5 Å². The Labute approximate surface area is 96.5 Å². The van der Waals surface area contributed by atoms with Crippen molar-refractivity contribution in [1.82, 2.24) is 9.80 Å². The van der Waals surface area contributed by atoms with Crippen LogP contribution in [0.4, 0.5) is 0 Å². The quantitative estimate of drug-likeness (QED) is 0.688. The minimum absolute atomic E-state index is 0.0517. The number of rotatable bonds is 4. The Morgan fingerprint density at radius 2 is 2.06 bits per heavy atom. The highest BCUT2D eigenvalue weighted by molar-refractivity contribution is 5.79. The van der Waals surface area contributed by atoms with Crippen LogP contribution in [0.15, 0.2) is 0 Å². The summed E-state index contributed by atoms with van der Waals surface area (Å²) in [5.74, 6) is 0.217. The third-order valence-corrected chi connectivity index (χ3v) is 3.25. The first-order valence-electron chi connectivity index (χ1n) is 6.09. The number of ether oxygens (including phenoxy) is 1. The number of carbonyl (C=O) groups is 1. The van der Waals surface area contributed by atoms with Gasteiger partial charge < -0.3 is 15.4 Å². The maximum Gasteiger partial charge on any atom is 0.224 e. The molecule has 5 nitrogen and oxygen atoms in total. The van der Waals surface area contributed by atoms with Gasteiger partial charge in [0.15, 0.2) is 0 Å². The molecule has 16 heavy (non-hydrogen) atoms. The van der Waals surface area contributed by atoms with E-state index < -0.39 is 0 Å². The molecule has 2 fully saturated rings. The van der Waals surface area contributed by atoms with Crippen molar-refractivity contribution in [2.75, 3.05) is 45.9 Å². The van der Waals surface area contributed by atoms with Crippen molar-refractivity contribution in [1.29, 1.82) is 0 Å². The zero-order valence-electron chi connectivity index (χ0n) is 9.73. The highest BCUT2D eigenvalue weighted by atomic mass is 16.5. The molecule has 0 aromatic heterocycles. The molecule has 0 radical (unpaired) electrons. The first kappa shape index (κ1) is 11.8. The van der Waals surface area contributed by atoms with Crippen molar-refractivity contribution in [2.24, 2.45) is 5.73 Å². The van der Waals surface area contributed by atoms with Crippen molar-refractivity contribution in [3.8, 4) is 0 Å². The van der Waals surface area contributed by atoms with E-state index in [-0.39, 0.29) is 11.9 Å². The van der Waals surface area contributed by atoms with Gasteiger partial charge in [-0.25, -0.2) is 0 Å². The van der Waals surface area contributed by atoms with Crippen molar-refractivity contribution >= 4 is 5.91 Å². The number of amides is 1. The van der Waals surface area contributed by atoms with Gasteiger partial charge in [0.2, 0.25) is 5.91 Å². The molecule has 0 aromatic rings. The zero-order chi connectivity index (χ0) is 11.4. The fourth-order valence-corrected chi connectivity index (χ4v) is 2.33. The molecule has 0 saturated carbocycles. The molecular formula is C11H21N3O2. The Morgan fingerprint density at radius 3 is 2.69 bits per heavy atom. The molecule has 2 aliphatic rings. The number of hydrogen-bond donors (Lipinski definition) is 1. The second kappa shape index (κ2) is 5.61. The molecule has 1 atom stereocenters. The largest absolute Gasteiger partial charge is 0.379 e. The molecule has 2 heterocycles. The van der Waals surface area contributed by atoms with Crippen LogP contribution >= 0.6 is 0 Å². The summed E-state index contributed by atoms with van der Waals surface area (Å²) in [6.45, 7) is 6.37. The number of nitrogens with zero attached hydrogens (tertiary/aromatic N) is 2. The fraction of sp³-hybridized carbons (Fsp3) is 0.909. The Balaban J connectivity index is 1.62. The maximum atomic E-state index is 11.5. The van der Waals surface area contributed by atoms with Crippen LogP contribution in [0.25, 0.3) is 0 Å². The molecule has 2 rings (SSSR count). The van der Waals surface area contributed by atoms with Crippen LogP contribution in [0.3, 0.4) is 0 Å². The monoisotopic (exact) mass is 227 g/mol. The lowest BCUT2D eigenvalue weighted by molar-refractivity contribution is -0.127. The van der Waals surface area contributed by atoms with E-state index in [0.717, 1.165) is 52.4 Å². The molecular weight excluding hydrogens is 206 g/mol. The summed E-state index contributed by atoms with van der Waals surface area (Å²) < 4.78 is 5.29. The molecule has 1 amide bonds. The van der Waals surface area contributed by atoms with E-state index in [9.17, 15) is 4.79 Å². The number of carbonyl (C=O) groups excluding carboxylic acids is 1. The van der Waals surface area contributed by atoms with Gasteiger partial charge in [-0.15, -0.1) is 0 Å². The summed E-state index contributed by atoms with van der Waals surface area (Å²) in [7, 11) is 0. The van der Waals surface area contributed by atoms with Gasteiger partial charge in [0.05, 0.1) is 13.2 Å². The number of hydrogen-bond acceptors (Lipinski definition) is 4. The summed E-state index contributed by atoms with van der Waals surface area (Å²) in [6.07, 6.45) is 1.57. The summed E-state index contributed by atoms with van der Waals surface area (Å²) >= 11 is 0. The number of morpholine rings is 1. The summed E-state index contributed by atoms with van der Waals surface area (Å²) in [6, 6.07) is 0.0517. The zero-order valence-corrected chi connectivity index (χ0v) is 9.73. The second-order valence-corrected chi connectivity index (χ2v) is 4.61. The molecule has 2 N–H and O–H groups in total. The van der Waals surface area contributed by atoms with Crippen molar-refractivity contribution in [2.45, 2.75) is 18.9 Å². The maximum absolute atomic E-state index is 11.5. The van der Waals surface area contributed by atoms with E-state index in [1.165, 1.54) is 0 Å². The van der Waals surface area contributed by atoms with E-state index in [1.807, 2.05) is 4.90 Å². The van der Waals surface area contributed by atoms with Crippen LogP contribution < -0.4 is 5.73 Å². The minimum Gasteiger partial charge on any atom is -0.379 e. The van der Waals surface area contributed by atoms with Gasteiger partial charge in [-0.3, -0.25) is 9.69 Å². The van der Waals surface area contributed by atoms with Crippen LogP contribution in [0.2, 0.25) is 0 Å². The lowest BCUT2D eigenvalue weighted by Gasteiger charge is -2.27. The Morgan fingerprint density at radius 1 is 1.31 bits per heavy atom. The smallest absolute Gasteiger partial charge is 0.224 e. The van der Waals surface area contributed by atoms with Gasteiger partial charge in [0, 0.05) is 45.2 Å². The fourth-order valence-electron chi connectivity index (χ4n) is 2.33. The molecule has 92 valence electrons. The molecule has 0 aromatic carbocycles. The standard InChI is InChI=1S/C11H21N3O2/c12-10-8-11(15)14(9-10)3-1-2-13-4-6-16-7-5-13/h10H,1-9,12H2. The molecule has 1 unspecified atom stereocenters. The summed E-state index contributed by atoms with van der Waals surface area (Å²) in [5.41, 5.74) is 5.74. The average Bonchev–Trinajstić information content (AvgIpc) is 2.59. The van der Waals surface area contributed by atoms with Crippen molar-refractivity contribution in [3.63, 3.8) is 0 Å². The molecule has 2 aliphatic heterocycles. The predicted molar refractivity (Wildman–Crippen MR) is 61.0 cm³/mol. The lowest BCUT2D eigenvalue weighted by Crippen LogP contribution is -2.38. The second-order valence-electron chi connectivity index (χ2n) is 4.61. The third kappa shape index (κ3) is 3.17. The summed E-state index contributed by atoms with van der Waals surface area (Å²) in [5, 5.41) is 0. The van der Waals surface area contributed by atoms with Crippen LogP contribution in [-0.2, 0) is 9.53 Å². The highest BCUT2D eigenvalue weighted by Gasteiger charge is 2.26. The van der Waals surface area contributed by atoms with Gasteiger partial charge in [-0.1, -0.05) is 0 Å². The SMILES string of the molecule is NC1CC(=O)N(CCCN2CCOCC2)C1. The van der Waals surface area contributed by atoms with E-state index in [2.05, 4.69) is 4.90 Å². The highest BCUT2D eigenvalue weighted by Crippen LogP contribution is 2.09. The predicted octanol–water partition coefficient (Wildman–Crippen LogP) is -0.732. The minimum atomic E-state index is 0.0517. The van der Waals surface area contributed by atoms with Crippen LogP contribution in [-0.4, -0.2) is 67.7 Å². The van der Waals surface area contributed by atoms with E-state index >= 15 is 0 Å². The Kier molecular flexibility index (Phi) is 4.15. The van der Waals surface area contributed by atoms with Gasteiger partial charge in [0.25, 0.3) is 0 Å². The van der Waals surface area contributed by atoms with Gasteiger partial charge in [-0.2, -0.15) is 0 Å². The van der Waals surface area contributed by atoms with Gasteiger partial charge in [0.1, 0.15) is 0 Å². The molecule has 5 heteroatoms. The molecule has 0 spiro atoms. The van der Waals surface area contributed by atoms with Gasteiger partial charge >= 0.3 is 0 Å². The average molecular weight is 227 g/mol. The third-order valence-electron chi connectivity index (χ3n) is 3.25. The number of likely N-dealkylation sites (tertiary alicyclic amines) is 1. The molecule has 0 aliphatic carbocycles. The molecule has 2 saturated heterocycles. The van der Waals surface area contributed by atoms with Crippen molar-refractivity contribution in [3.05, 3.63) is 0 Å². The molecule has 0 bridgehead atoms. The number of nitrogens with two attached hydrogens (primary N) is 1. The van der Waals surface area contributed by atoms with E-state index in [1.54, 1.807) is 0 Å². The van der Waals surface area contributed by atoms with E-state index in [0.29, 0.717) is 6.42 Å². The lowest BCUT2D eigenvalue weighted by atomic mass is 10.3. The van der Waals surface area contributed by atoms with Crippen LogP contribution in [0.5, 0.6) is 0 Å².